The van der Waals surface area contributed by atoms with Gasteiger partial charge in [-0.1, -0.05) is 30.3 Å². The molecule has 2 N–H and O–H groups in total. The van der Waals surface area contributed by atoms with E-state index < -0.39 is 35.5 Å². The van der Waals surface area contributed by atoms with Crippen LogP contribution >= 0.6 is 0 Å². The minimum absolute atomic E-state index is 0.0407. The number of ether oxygens (including phenoxy) is 1. The number of alkyl carbamates (subject to hydrolysis) is 1. The Morgan fingerprint density at radius 1 is 1.07 bits per heavy atom. The molecule has 0 aliphatic carbocycles. The smallest absolute Gasteiger partial charge is 0.407 e. The van der Waals surface area contributed by atoms with Gasteiger partial charge in [0.25, 0.3) is 0 Å². The van der Waals surface area contributed by atoms with Gasteiger partial charge in [-0.2, -0.15) is 0 Å². The molecule has 10 heteroatoms. The molecule has 2 aromatic carbocycles. The van der Waals surface area contributed by atoms with Crippen molar-refractivity contribution in [3.05, 3.63) is 95.3 Å². The Morgan fingerprint density at radius 2 is 1.80 bits per heavy atom. The fraction of sp³-hybridized carbons (Fsp3) is 0.333. The molecule has 210 valence electrons. The zero-order valence-electron chi connectivity index (χ0n) is 22.6. The molecule has 8 nitrogen and oxygen atoms in total. The zero-order valence-corrected chi connectivity index (χ0v) is 22.6. The SMILES string of the molecule is CC(C)(C)OC(=O)NC(CC(=O)NC1Cc2ncccc2N(Cc2ccc(F)cc2)C1=O)Cc1ccccc1F. The number of halogens is 2. The number of hydrogen-bond acceptors (Lipinski definition) is 5. The lowest BCUT2D eigenvalue weighted by Crippen LogP contribution is -2.54. The molecular formula is C30H32F2N4O4. The van der Waals surface area contributed by atoms with Gasteiger partial charge in [-0.15, -0.1) is 0 Å². The van der Waals surface area contributed by atoms with Crippen molar-refractivity contribution in [2.45, 2.75) is 64.3 Å². The standard InChI is InChI=1S/C30H32F2N4O4/c1-30(2,3)40-29(39)34-22(15-20-7-4-5-8-23(20)32)16-27(37)35-25-17-24-26(9-6-14-33-24)36(28(25)38)18-19-10-12-21(31)13-11-19/h4-14,22,25H,15-18H2,1-3H3,(H,34,39)(H,35,37). The lowest BCUT2D eigenvalue weighted by Gasteiger charge is -2.34. The Kier molecular flexibility index (Phi) is 8.77. The summed E-state index contributed by atoms with van der Waals surface area (Å²) in [5.41, 5.74) is 1.52. The molecular weight excluding hydrogens is 518 g/mol. The monoisotopic (exact) mass is 550 g/mol. The number of amides is 3. The molecule has 0 saturated carbocycles. The van der Waals surface area contributed by atoms with Crippen molar-refractivity contribution in [2.75, 3.05) is 4.90 Å². The van der Waals surface area contributed by atoms with Gasteiger partial charge in [0.15, 0.2) is 0 Å². The second-order valence-electron chi connectivity index (χ2n) is 10.7. The molecule has 2 unspecified atom stereocenters. The highest BCUT2D eigenvalue weighted by molar-refractivity contribution is 6.01. The van der Waals surface area contributed by atoms with Crippen molar-refractivity contribution >= 4 is 23.6 Å². The molecule has 0 radical (unpaired) electrons. The van der Waals surface area contributed by atoms with E-state index in [1.807, 2.05) is 0 Å². The molecule has 2 atom stereocenters. The first-order valence-corrected chi connectivity index (χ1v) is 13.0. The van der Waals surface area contributed by atoms with Crippen LogP contribution in [0.15, 0.2) is 66.9 Å². The van der Waals surface area contributed by atoms with E-state index in [-0.39, 0.29) is 37.5 Å². The lowest BCUT2D eigenvalue weighted by atomic mass is 9.99. The predicted molar refractivity (Wildman–Crippen MR) is 145 cm³/mol. The second kappa shape index (κ2) is 12.2. The van der Waals surface area contributed by atoms with Crippen molar-refractivity contribution in [3.8, 4) is 0 Å². The van der Waals surface area contributed by atoms with E-state index in [1.54, 1.807) is 69.4 Å². The predicted octanol–water partition coefficient (Wildman–Crippen LogP) is 4.46. The van der Waals surface area contributed by atoms with Crippen molar-refractivity contribution in [1.82, 2.24) is 15.6 Å². The van der Waals surface area contributed by atoms with Crippen LogP contribution in [0.5, 0.6) is 0 Å². The van der Waals surface area contributed by atoms with Crippen LogP contribution in [0.2, 0.25) is 0 Å². The van der Waals surface area contributed by atoms with Crippen LogP contribution in [0, 0.1) is 11.6 Å². The van der Waals surface area contributed by atoms with Gasteiger partial charge in [-0.3, -0.25) is 14.6 Å². The molecule has 0 saturated heterocycles. The number of nitrogens with zero attached hydrogens (tertiary/aromatic N) is 2. The maximum absolute atomic E-state index is 14.4. The molecule has 3 amide bonds. The third-order valence-electron chi connectivity index (χ3n) is 6.28. The average molecular weight is 551 g/mol. The highest BCUT2D eigenvalue weighted by atomic mass is 19.1. The van der Waals surface area contributed by atoms with Gasteiger partial charge in [-0.25, -0.2) is 13.6 Å². The molecule has 2 heterocycles. The van der Waals surface area contributed by atoms with Gasteiger partial charge in [-0.05, 0) is 68.7 Å². The van der Waals surface area contributed by atoms with E-state index in [2.05, 4.69) is 15.6 Å². The molecule has 40 heavy (non-hydrogen) atoms. The molecule has 1 aromatic heterocycles. The summed E-state index contributed by atoms with van der Waals surface area (Å²) in [5, 5.41) is 5.43. The van der Waals surface area contributed by atoms with E-state index in [0.717, 1.165) is 0 Å². The summed E-state index contributed by atoms with van der Waals surface area (Å²) in [4.78, 5) is 45.1. The van der Waals surface area contributed by atoms with Crippen LogP contribution in [0.25, 0.3) is 0 Å². The highest BCUT2D eigenvalue weighted by Crippen LogP contribution is 2.28. The number of rotatable bonds is 8. The first-order valence-electron chi connectivity index (χ1n) is 13.0. The van der Waals surface area contributed by atoms with Gasteiger partial charge in [0.2, 0.25) is 11.8 Å². The fourth-order valence-corrected chi connectivity index (χ4v) is 4.52. The van der Waals surface area contributed by atoms with Gasteiger partial charge >= 0.3 is 6.09 Å². The van der Waals surface area contributed by atoms with E-state index in [1.165, 1.54) is 23.1 Å². The van der Waals surface area contributed by atoms with E-state index in [9.17, 15) is 23.2 Å². The van der Waals surface area contributed by atoms with Crippen LogP contribution in [0.4, 0.5) is 19.3 Å². The minimum atomic E-state index is -0.911. The number of hydrogen-bond donors (Lipinski definition) is 2. The molecule has 0 bridgehead atoms. The topological polar surface area (TPSA) is 101 Å². The Balaban J connectivity index is 1.50. The molecule has 1 aliphatic heterocycles. The summed E-state index contributed by atoms with van der Waals surface area (Å²) in [6, 6.07) is 13.7. The Hall–Kier alpha value is -4.34. The summed E-state index contributed by atoms with van der Waals surface area (Å²) in [7, 11) is 0. The lowest BCUT2D eigenvalue weighted by molar-refractivity contribution is -0.128. The summed E-state index contributed by atoms with van der Waals surface area (Å²) >= 11 is 0. The molecule has 3 aromatic rings. The normalized spacial score (nSPS) is 15.7. The van der Waals surface area contributed by atoms with E-state index in [4.69, 9.17) is 4.74 Å². The Bertz CT molecular complexity index is 1370. The van der Waals surface area contributed by atoms with Crippen molar-refractivity contribution < 1.29 is 27.9 Å². The van der Waals surface area contributed by atoms with E-state index in [0.29, 0.717) is 22.5 Å². The Labute approximate surface area is 231 Å². The fourth-order valence-electron chi connectivity index (χ4n) is 4.52. The van der Waals surface area contributed by atoms with Gasteiger partial charge in [0.05, 0.1) is 17.9 Å². The van der Waals surface area contributed by atoms with Crippen molar-refractivity contribution in [1.29, 1.82) is 0 Å². The number of benzene rings is 2. The Morgan fingerprint density at radius 3 is 2.50 bits per heavy atom. The maximum atomic E-state index is 14.4. The number of fused-ring (bicyclic) bond motifs is 1. The quantitative estimate of drug-likeness (QED) is 0.432. The van der Waals surface area contributed by atoms with Gasteiger partial charge in [0.1, 0.15) is 23.3 Å². The summed E-state index contributed by atoms with van der Waals surface area (Å²) < 4.78 is 33.1. The van der Waals surface area contributed by atoms with Gasteiger partial charge in [0, 0.05) is 25.1 Å². The number of pyridine rings is 1. The zero-order chi connectivity index (χ0) is 28.9. The molecule has 0 spiro atoms. The van der Waals surface area contributed by atoms with Gasteiger partial charge < -0.3 is 20.3 Å². The van der Waals surface area contributed by atoms with Crippen LogP contribution < -0.4 is 15.5 Å². The van der Waals surface area contributed by atoms with Crippen LogP contribution in [-0.4, -0.2) is 40.6 Å². The highest BCUT2D eigenvalue weighted by Gasteiger charge is 2.35. The van der Waals surface area contributed by atoms with Crippen molar-refractivity contribution in [2.24, 2.45) is 0 Å². The van der Waals surface area contributed by atoms with Crippen LogP contribution in [-0.2, 0) is 33.7 Å². The minimum Gasteiger partial charge on any atom is -0.444 e. The third-order valence-corrected chi connectivity index (χ3v) is 6.28. The number of aromatic nitrogens is 1. The van der Waals surface area contributed by atoms with Crippen molar-refractivity contribution in [3.63, 3.8) is 0 Å². The second-order valence-corrected chi connectivity index (χ2v) is 10.7. The summed E-state index contributed by atoms with van der Waals surface area (Å²) in [6.07, 6.45) is 0.874. The molecule has 1 aliphatic rings. The largest absolute Gasteiger partial charge is 0.444 e. The first kappa shape index (κ1) is 28.7. The third kappa shape index (κ3) is 7.62. The van der Waals surface area contributed by atoms with Crippen LogP contribution in [0.1, 0.15) is 44.0 Å². The summed E-state index contributed by atoms with van der Waals surface area (Å²) in [5.74, 6) is -1.69. The van der Waals surface area contributed by atoms with E-state index >= 15 is 0 Å². The molecule has 4 rings (SSSR count). The number of carbonyl (C=O) groups is 3. The number of anilines is 1. The molecule has 0 fully saturated rings. The number of carbonyl (C=O) groups excluding carboxylic acids is 3. The number of nitrogens with one attached hydrogen (secondary N) is 2. The summed E-state index contributed by atoms with van der Waals surface area (Å²) in [6.45, 7) is 5.30. The average Bonchev–Trinajstić information content (AvgIpc) is 2.88. The first-order chi connectivity index (χ1) is 19.0. The van der Waals surface area contributed by atoms with Crippen LogP contribution in [0.3, 0.4) is 0 Å². The maximum Gasteiger partial charge on any atom is 0.407 e.